The van der Waals surface area contributed by atoms with Gasteiger partial charge >= 0.3 is 0 Å². The van der Waals surface area contributed by atoms with Crippen molar-refractivity contribution >= 4 is 44.6 Å². The van der Waals surface area contributed by atoms with E-state index in [1.54, 1.807) is 25.1 Å². The molecule has 10 heteroatoms. The second kappa shape index (κ2) is 7.93. The predicted molar refractivity (Wildman–Crippen MR) is 105 cm³/mol. The second-order valence-electron chi connectivity index (χ2n) is 5.96. The number of aryl methyl sites for hydroxylation is 1. The number of nitrogens with one attached hydrogen (secondary N) is 1. The van der Waals surface area contributed by atoms with Crippen molar-refractivity contribution in [1.82, 2.24) is 0 Å². The number of halogens is 1. The van der Waals surface area contributed by atoms with Gasteiger partial charge in [-0.3, -0.25) is 19.2 Å². The normalized spacial score (nSPS) is 11.1. The van der Waals surface area contributed by atoms with E-state index in [1.165, 1.54) is 25.1 Å². The number of rotatable bonds is 6. The molecule has 1 N–H and O–H groups in total. The number of hydrogen-bond acceptors (Lipinski definition) is 5. The van der Waals surface area contributed by atoms with E-state index in [1.807, 2.05) is 0 Å². The lowest BCUT2D eigenvalue weighted by Gasteiger charge is -2.23. The van der Waals surface area contributed by atoms with E-state index in [0.29, 0.717) is 10.7 Å². The largest absolute Gasteiger partial charge is 0.324 e. The molecule has 0 aromatic heterocycles. The molecule has 27 heavy (non-hydrogen) atoms. The van der Waals surface area contributed by atoms with Gasteiger partial charge in [-0.05, 0) is 37.6 Å². The Hall–Kier alpha value is -2.65. The standard InChI is InChI=1S/C17H18ClN3O5S/c1-11-7-8-13(18)9-14(11)19-17(22)10-20(27(3,25)26)15-5-4-6-16(12(15)2)21(23)24/h4-9H,10H2,1-3H3,(H,19,22). The number of nitro groups is 1. The van der Waals surface area contributed by atoms with Crippen molar-refractivity contribution in [1.29, 1.82) is 0 Å². The van der Waals surface area contributed by atoms with E-state index in [-0.39, 0.29) is 16.9 Å². The lowest BCUT2D eigenvalue weighted by Crippen LogP contribution is -2.38. The van der Waals surface area contributed by atoms with Crippen LogP contribution in [0.1, 0.15) is 11.1 Å². The number of amides is 1. The molecule has 0 heterocycles. The van der Waals surface area contributed by atoms with Crippen LogP contribution in [0.25, 0.3) is 0 Å². The first kappa shape index (κ1) is 20.7. The van der Waals surface area contributed by atoms with Gasteiger partial charge in [0.1, 0.15) is 6.54 Å². The van der Waals surface area contributed by atoms with Gasteiger partial charge in [0.05, 0.1) is 22.4 Å². The molecule has 0 saturated heterocycles. The maximum absolute atomic E-state index is 12.4. The Bertz CT molecular complexity index is 1010. The summed E-state index contributed by atoms with van der Waals surface area (Å²) in [5.74, 6) is -0.600. The number of benzene rings is 2. The number of hydrogen-bond donors (Lipinski definition) is 1. The summed E-state index contributed by atoms with van der Waals surface area (Å²) >= 11 is 5.92. The third kappa shape index (κ3) is 4.95. The van der Waals surface area contributed by atoms with E-state index in [4.69, 9.17) is 11.6 Å². The lowest BCUT2D eigenvalue weighted by atomic mass is 10.1. The Labute approximate surface area is 162 Å². The molecule has 0 aliphatic rings. The fourth-order valence-corrected chi connectivity index (χ4v) is 3.59. The average Bonchev–Trinajstić information content (AvgIpc) is 2.55. The van der Waals surface area contributed by atoms with Gasteiger partial charge < -0.3 is 5.32 Å². The number of sulfonamides is 1. The highest BCUT2D eigenvalue weighted by Gasteiger charge is 2.26. The fraction of sp³-hybridized carbons (Fsp3) is 0.235. The first-order chi connectivity index (χ1) is 12.5. The van der Waals surface area contributed by atoms with Crippen LogP contribution < -0.4 is 9.62 Å². The molecule has 2 aromatic carbocycles. The smallest absolute Gasteiger partial charge is 0.274 e. The Morgan fingerprint density at radius 3 is 2.52 bits per heavy atom. The summed E-state index contributed by atoms with van der Waals surface area (Å²) in [6, 6.07) is 9.00. The summed E-state index contributed by atoms with van der Waals surface area (Å²) in [6.07, 6.45) is 0.934. The maximum atomic E-state index is 12.4. The molecule has 0 radical (unpaired) electrons. The molecule has 1 amide bonds. The molecule has 0 fully saturated rings. The summed E-state index contributed by atoms with van der Waals surface area (Å²) in [5.41, 5.74) is 1.21. The topological polar surface area (TPSA) is 110 Å². The van der Waals surface area contributed by atoms with Gasteiger partial charge in [0.15, 0.2) is 0 Å². The highest BCUT2D eigenvalue weighted by molar-refractivity contribution is 7.92. The van der Waals surface area contributed by atoms with E-state index < -0.39 is 27.4 Å². The number of nitro benzene ring substituents is 1. The highest BCUT2D eigenvalue weighted by Crippen LogP contribution is 2.30. The summed E-state index contributed by atoms with van der Waals surface area (Å²) in [4.78, 5) is 23.0. The van der Waals surface area contributed by atoms with Crippen LogP contribution in [0, 0.1) is 24.0 Å². The Morgan fingerprint density at radius 1 is 1.26 bits per heavy atom. The first-order valence-electron chi connectivity index (χ1n) is 7.78. The van der Waals surface area contributed by atoms with Crippen LogP contribution in [0.15, 0.2) is 36.4 Å². The van der Waals surface area contributed by atoms with Gasteiger partial charge in [-0.2, -0.15) is 0 Å². The molecule has 8 nitrogen and oxygen atoms in total. The molecule has 0 spiro atoms. The van der Waals surface area contributed by atoms with Crippen LogP contribution in [-0.4, -0.2) is 32.0 Å². The highest BCUT2D eigenvalue weighted by atomic mass is 35.5. The zero-order valence-corrected chi connectivity index (χ0v) is 16.5. The van der Waals surface area contributed by atoms with Crippen LogP contribution in [-0.2, 0) is 14.8 Å². The third-order valence-electron chi connectivity index (χ3n) is 3.90. The van der Waals surface area contributed by atoms with Crippen molar-refractivity contribution in [3.63, 3.8) is 0 Å². The second-order valence-corrected chi connectivity index (χ2v) is 8.30. The van der Waals surface area contributed by atoms with E-state index in [2.05, 4.69) is 5.32 Å². The van der Waals surface area contributed by atoms with Gasteiger partial charge in [-0.15, -0.1) is 0 Å². The van der Waals surface area contributed by atoms with E-state index >= 15 is 0 Å². The van der Waals surface area contributed by atoms with Crippen molar-refractivity contribution in [2.75, 3.05) is 22.4 Å². The molecule has 0 aliphatic heterocycles. The molecule has 2 rings (SSSR count). The minimum atomic E-state index is -3.86. The monoisotopic (exact) mass is 411 g/mol. The van der Waals surface area contributed by atoms with Crippen molar-refractivity contribution in [3.05, 3.63) is 62.7 Å². The van der Waals surface area contributed by atoms with Gasteiger partial charge in [0.25, 0.3) is 5.69 Å². The van der Waals surface area contributed by atoms with Crippen LogP contribution in [0.5, 0.6) is 0 Å². The minimum Gasteiger partial charge on any atom is -0.324 e. The Balaban J connectivity index is 2.36. The first-order valence-corrected chi connectivity index (χ1v) is 10.0. The van der Waals surface area contributed by atoms with Crippen LogP contribution in [0.4, 0.5) is 17.1 Å². The van der Waals surface area contributed by atoms with Crippen molar-refractivity contribution in [3.8, 4) is 0 Å². The summed E-state index contributed by atoms with van der Waals surface area (Å²) in [7, 11) is -3.86. The molecule has 0 aliphatic carbocycles. The van der Waals surface area contributed by atoms with Gasteiger partial charge in [-0.25, -0.2) is 8.42 Å². The predicted octanol–water partition coefficient (Wildman–Crippen LogP) is 3.27. The molecule has 144 valence electrons. The number of nitrogens with zero attached hydrogens (tertiary/aromatic N) is 2. The van der Waals surface area contributed by atoms with Gasteiger partial charge in [0.2, 0.25) is 15.9 Å². The fourth-order valence-electron chi connectivity index (χ4n) is 2.51. The van der Waals surface area contributed by atoms with Gasteiger partial charge in [-0.1, -0.05) is 23.7 Å². The van der Waals surface area contributed by atoms with Crippen molar-refractivity contribution in [2.45, 2.75) is 13.8 Å². The number of anilines is 2. The molecule has 0 saturated carbocycles. The van der Waals surface area contributed by atoms with Crippen LogP contribution >= 0.6 is 11.6 Å². The van der Waals surface area contributed by atoms with Gasteiger partial charge in [0, 0.05) is 16.8 Å². The number of carbonyl (C=O) groups excluding carboxylic acids is 1. The SMILES string of the molecule is Cc1ccc(Cl)cc1NC(=O)CN(c1cccc([N+](=O)[O-])c1C)S(C)(=O)=O. The molecule has 0 atom stereocenters. The molecule has 2 aromatic rings. The minimum absolute atomic E-state index is 0.0738. The average molecular weight is 412 g/mol. The Morgan fingerprint density at radius 2 is 1.93 bits per heavy atom. The van der Waals surface area contributed by atoms with Crippen molar-refractivity contribution in [2.24, 2.45) is 0 Å². The summed E-state index contributed by atoms with van der Waals surface area (Å²) in [6.45, 7) is 2.67. The molecule has 0 bridgehead atoms. The van der Waals surface area contributed by atoms with Crippen LogP contribution in [0.2, 0.25) is 5.02 Å². The lowest BCUT2D eigenvalue weighted by molar-refractivity contribution is -0.385. The summed E-state index contributed by atoms with van der Waals surface area (Å²) in [5, 5.41) is 14.2. The summed E-state index contributed by atoms with van der Waals surface area (Å²) < 4.78 is 25.3. The van der Waals surface area contributed by atoms with E-state index in [0.717, 1.165) is 16.1 Å². The molecular formula is C17H18ClN3O5S. The zero-order chi connectivity index (χ0) is 20.4. The number of carbonyl (C=O) groups is 1. The molecule has 0 unspecified atom stereocenters. The molecular weight excluding hydrogens is 394 g/mol. The Kier molecular flexibility index (Phi) is 6.07. The quantitative estimate of drug-likeness (QED) is 0.579. The van der Waals surface area contributed by atoms with Crippen molar-refractivity contribution < 1.29 is 18.1 Å². The van der Waals surface area contributed by atoms with Crippen LogP contribution in [0.3, 0.4) is 0 Å². The zero-order valence-electron chi connectivity index (χ0n) is 14.9. The van der Waals surface area contributed by atoms with E-state index in [9.17, 15) is 23.3 Å². The third-order valence-corrected chi connectivity index (χ3v) is 5.26. The maximum Gasteiger partial charge on any atom is 0.274 e.